The first kappa shape index (κ1) is 28.6. The van der Waals surface area contributed by atoms with Crippen LogP contribution in [-0.4, -0.2) is 66.7 Å². The van der Waals surface area contributed by atoms with Gasteiger partial charge in [-0.05, 0) is 54.5 Å². The normalized spacial score (nSPS) is 17.8. The summed E-state index contributed by atoms with van der Waals surface area (Å²) >= 11 is 0. The summed E-state index contributed by atoms with van der Waals surface area (Å²) in [6.45, 7) is 9.30. The Labute approximate surface area is 230 Å². The molecule has 2 amide bonds. The van der Waals surface area contributed by atoms with E-state index in [1.807, 2.05) is 49.4 Å². The van der Waals surface area contributed by atoms with Crippen molar-refractivity contribution in [2.24, 2.45) is 0 Å². The number of rotatable bonds is 9. The molecule has 2 heterocycles. The van der Waals surface area contributed by atoms with E-state index in [9.17, 15) is 14.4 Å². The van der Waals surface area contributed by atoms with Gasteiger partial charge in [-0.25, -0.2) is 4.79 Å². The van der Waals surface area contributed by atoms with Crippen molar-refractivity contribution in [3.8, 4) is 0 Å². The van der Waals surface area contributed by atoms with Crippen LogP contribution in [0.15, 0.2) is 48.5 Å². The number of hydrogen-bond acceptors (Lipinski definition) is 7. The second kappa shape index (κ2) is 13.6. The fourth-order valence-corrected chi connectivity index (χ4v) is 5.20. The monoisotopic (exact) mass is 537 g/mol. The van der Waals surface area contributed by atoms with E-state index in [2.05, 4.69) is 17.9 Å². The Kier molecular flexibility index (Phi) is 9.95. The minimum Gasteiger partial charge on any atom is -0.466 e. The molecule has 2 aromatic rings. The van der Waals surface area contributed by atoms with Crippen LogP contribution in [-0.2, 0) is 37.1 Å². The first-order valence-electron chi connectivity index (χ1n) is 13.8. The highest BCUT2D eigenvalue weighted by atomic mass is 16.7. The smallest absolute Gasteiger partial charge is 0.410 e. The molecule has 210 valence electrons. The van der Waals surface area contributed by atoms with E-state index in [1.165, 1.54) is 17.6 Å². The standard InChI is InChI=1S/C30H39N3O6/c1-4-37-29(35)14-15-31-19-22(2)28-11-10-26(18-25(28)20-31)33(23(3)34)39-27-12-16-32(17-13-27)30(36)38-21-24-8-6-5-7-9-24/h5-11,18,22,27H,4,12-17,19-21H2,1-3H3. The highest BCUT2D eigenvalue weighted by molar-refractivity contribution is 5.89. The summed E-state index contributed by atoms with van der Waals surface area (Å²) in [6.07, 6.45) is 1.04. The second-order valence-electron chi connectivity index (χ2n) is 10.2. The van der Waals surface area contributed by atoms with Crippen molar-refractivity contribution in [2.75, 3.05) is 37.8 Å². The summed E-state index contributed by atoms with van der Waals surface area (Å²) in [4.78, 5) is 47.0. The number of hydroxylamine groups is 1. The van der Waals surface area contributed by atoms with Crippen LogP contribution in [0.5, 0.6) is 0 Å². The number of esters is 1. The van der Waals surface area contributed by atoms with Crippen molar-refractivity contribution in [1.82, 2.24) is 9.80 Å². The number of hydrogen-bond donors (Lipinski definition) is 0. The Hall–Kier alpha value is -3.43. The van der Waals surface area contributed by atoms with Gasteiger partial charge in [-0.15, -0.1) is 0 Å². The van der Waals surface area contributed by atoms with Crippen molar-refractivity contribution >= 4 is 23.7 Å². The number of likely N-dealkylation sites (tertiary alicyclic amines) is 1. The molecule has 0 spiro atoms. The summed E-state index contributed by atoms with van der Waals surface area (Å²) in [5.41, 5.74) is 4.01. The van der Waals surface area contributed by atoms with Crippen LogP contribution >= 0.6 is 0 Å². The largest absolute Gasteiger partial charge is 0.466 e. The van der Waals surface area contributed by atoms with Crippen molar-refractivity contribution in [2.45, 2.75) is 65.2 Å². The fraction of sp³-hybridized carbons (Fsp3) is 0.500. The predicted molar refractivity (Wildman–Crippen MR) is 147 cm³/mol. The lowest BCUT2D eigenvalue weighted by Crippen LogP contribution is -2.44. The number of amides is 2. The SMILES string of the molecule is CCOC(=O)CCN1Cc2cc(N(OC3CCN(C(=O)OCc4ccccc4)CC3)C(C)=O)ccc2C(C)C1. The lowest BCUT2D eigenvalue weighted by molar-refractivity contribution is -0.143. The zero-order valence-corrected chi connectivity index (χ0v) is 23.1. The van der Waals surface area contributed by atoms with Crippen LogP contribution < -0.4 is 5.06 Å². The summed E-state index contributed by atoms with van der Waals surface area (Å²) in [7, 11) is 0. The second-order valence-corrected chi connectivity index (χ2v) is 10.2. The Morgan fingerprint density at radius 1 is 1.03 bits per heavy atom. The van der Waals surface area contributed by atoms with E-state index >= 15 is 0 Å². The Bertz CT molecular complexity index is 1130. The summed E-state index contributed by atoms with van der Waals surface area (Å²) in [6, 6.07) is 15.6. The van der Waals surface area contributed by atoms with Crippen molar-refractivity contribution < 1.29 is 28.7 Å². The summed E-state index contributed by atoms with van der Waals surface area (Å²) < 4.78 is 10.5. The van der Waals surface area contributed by atoms with Crippen LogP contribution in [0.1, 0.15) is 62.6 Å². The number of carbonyl (C=O) groups is 3. The van der Waals surface area contributed by atoms with Crippen LogP contribution in [0, 0.1) is 0 Å². The molecule has 0 N–H and O–H groups in total. The molecule has 2 aliphatic heterocycles. The average Bonchev–Trinajstić information content (AvgIpc) is 2.94. The van der Waals surface area contributed by atoms with E-state index < -0.39 is 0 Å². The number of anilines is 1. The summed E-state index contributed by atoms with van der Waals surface area (Å²) in [5.74, 6) is -0.0818. The van der Waals surface area contributed by atoms with Gasteiger partial charge in [0.1, 0.15) is 6.61 Å². The molecule has 2 aromatic carbocycles. The number of benzene rings is 2. The molecule has 2 aliphatic rings. The van der Waals surface area contributed by atoms with Crippen molar-refractivity contribution in [1.29, 1.82) is 0 Å². The molecule has 1 fully saturated rings. The third-order valence-corrected chi connectivity index (χ3v) is 7.20. The van der Waals surface area contributed by atoms with Crippen molar-refractivity contribution in [3.63, 3.8) is 0 Å². The first-order chi connectivity index (χ1) is 18.8. The van der Waals surface area contributed by atoms with Gasteiger partial charge in [0.2, 0.25) is 5.91 Å². The molecule has 0 aliphatic carbocycles. The van der Waals surface area contributed by atoms with Gasteiger partial charge in [-0.3, -0.25) is 19.3 Å². The van der Waals surface area contributed by atoms with Gasteiger partial charge < -0.3 is 14.4 Å². The fourth-order valence-electron chi connectivity index (χ4n) is 5.20. The van der Waals surface area contributed by atoms with Crippen LogP contribution in [0.2, 0.25) is 0 Å². The van der Waals surface area contributed by atoms with Crippen molar-refractivity contribution in [3.05, 3.63) is 65.2 Å². The minimum absolute atomic E-state index is 0.184. The van der Waals surface area contributed by atoms with Gasteiger partial charge in [-0.1, -0.05) is 43.3 Å². The molecular weight excluding hydrogens is 498 g/mol. The number of nitrogens with zero attached hydrogens (tertiary/aromatic N) is 3. The van der Waals surface area contributed by atoms with E-state index in [-0.39, 0.29) is 30.7 Å². The van der Waals surface area contributed by atoms with Gasteiger partial charge in [0.15, 0.2) is 0 Å². The molecule has 1 atom stereocenters. The Balaban J connectivity index is 1.33. The highest BCUT2D eigenvalue weighted by Gasteiger charge is 2.29. The number of fused-ring (bicyclic) bond motifs is 1. The third-order valence-electron chi connectivity index (χ3n) is 7.20. The lowest BCUT2D eigenvalue weighted by Gasteiger charge is -2.35. The molecule has 0 saturated carbocycles. The zero-order chi connectivity index (χ0) is 27.8. The zero-order valence-electron chi connectivity index (χ0n) is 23.1. The molecule has 9 nitrogen and oxygen atoms in total. The Morgan fingerprint density at radius 3 is 2.46 bits per heavy atom. The molecule has 9 heteroatoms. The van der Waals surface area contributed by atoms with E-state index in [0.29, 0.717) is 63.7 Å². The maximum Gasteiger partial charge on any atom is 0.410 e. The van der Waals surface area contributed by atoms with Crippen LogP contribution in [0.25, 0.3) is 0 Å². The van der Waals surface area contributed by atoms with E-state index in [1.54, 1.807) is 4.90 Å². The number of ether oxygens (including phenoxy) is 2. The molecule has 0 radical (unpaired) electrons. The van der Waals surface area contributed by atoms with Gasteiger partial charge in [0, 0.05) is 39.6 Å². The number of piperidine rings is 1. The minimum atomic E-state index is -0.336. The third kappa shape index (κ3) is 7.80. The van der Waals surface area contributed by atoms with E-state index in [0.717, 1.165) is 17.7 Å². The van der Waals surface area contributed by atoms with Crippen LogP contribution in [0.3, 0.4) is 0 Å². The first-order valence-corrected chi connectivity index (χ1v) is 13.8. The molecule has 0 bridgehead atoms. The van der Waals surface area contributed by atoms with Gasteiger partial charge in [0.05, 0.1) is 24.8 Å². The molecule has 1 saturated heterocycles. The molecule has 4 rings (SSSR count). The van der Waals surface area contributed by atoms with Crippen LogP contribution in [0.4, 0.5) is 10.5 Å². The van der Waals surface area contributed by atoms with Gasteiger partial charge >= 0.3 is 12.1 Å². The van der Waals surface area contributed by atoms with Gasteiger partial charge in [-0.2, -0.15) is 5.06 Å². The molecule has 39 heavy (non-hydrogen) atoms. The van der Waals surface area contributed by atoms with Gasteiger partial charge in [0.25, 0.3) is 0 Å². The summed E-state index contributed by atoms with van der Waals surface area (Å²) in [5, 5.41) is 1.37. The maximum atomic E-state index is 12.6. The Morgan fingerprint density at radius 2 is 1.77 bits per heavy atom. The predicted octanol–water partition coefficient (Wildman–Crippen LogP) is 4.64. The average molecular weight is 538 g/mol. The van der Waals surface area contributed by atoms with E-state index in [4.69, 9.17) is 14.3 Å². The molecular formula is C30H39N3O6. The number of carbonyl (C=O) groups excluding carboxylic acids is 3. The topological polar surface area (TPSA) is 88.6 Å². The lowest BCUT2D eigenvalue weighted by atomic mass is 9.90. The molecule has 0 aromatic heterocycles. The molecule has 1 unspecified atom stereocenters. The highest BCUT2D eigenvalue weighted by Crippen LogP contribution is 2.32. The quantitative estimate of drug-likeness (QED) is 0.340. The maximum absolute atomic E-state index is 12.6.